The third kappa shape index (κ3) is 6.02. The molecule has 1 unspecified atom stereocenters. The van der Waals surface area contributed by atoms with Crippen molar-refractivity contribution in [1.29, 1.82) is 0 Å². The van der Waals surface area contributed by atoms with E-state index in [0.29, 0.717) is 25.4 Å². The standard InChI is InChI=1S/C11H21NO4S/c1-10(2-3-11(13)14)4-5-12-6-8-17(15,16)9-7-12/h10H,2-9H2,1H3,(H,13,14). The number of rotatable bonds is 6. The zero-order chi connectivity index (χ0) is 12.9. The van der Waals surface area contributed by atoms with Gasteiger partial charge in [-0.25, -0.2) is 8.42 Å². The minimum atomic E-state index is -2.80. The van der Waals surface area contributed by atoms with Crippen molar-refractivity contribution in [3.63, 3.8) is 0 Å². The Morgan fingerprint density at radius 3 is 2.41 bits per heavy atom. The van der Waals surface area contributed by atoms with Crippen LogP contribution in [0.4, 0.5) is 0 Å². The Balaban J connectivity index is 2.17. The summed E-state index contributed by atoms with van der Waals surface area (Å²) in [6, 6.07) is 0. The van der Waals surface area contributed by atoms with Gasteiger partial charge in [-0.3, -0.25) is 4.79 Å². The summed E-state index contributed by atoms with van der Waals surface area (Å²) in [7, 11) is -2.80. The van der Waals surface area contributed by atoms with E-state index in [1.807, 2.05) is 6.92 Å². The van der Waals surface area contributed by atoms with Gasteiger partial charge in [-0.1, -0.05) is 6.92 Å². The SMILES string of the molecule is CC(CCC(=O)O)CCN1CCS(=O)(=O)CC1. The van der Waals surface area contributed by atoms with E-state index in [9.17, 15) is 13.2 Å². The Hall–Kier alpha value is -0.620. The first-order chi connectivity index (χ1) is 7.89. The molecule has 1 rings (SSSR count). The highest BCUT2D eigenvalue weighted by Gasteiger charge is 2.21. The van der Waals surface area contributed by atoms with E-state index >= 15 is 0 Å². The topological polar surface area (TPSA) is 74.7 Å². The van der Waals surface area contributed by atoms with Crippen LogP contribution in [0.3, 0.4) is 0 Å². The largest absolute Gasteiger partial charge is 0.481 e. The van der Waals surface area contributed by atoms with Crippen molar-refractivity contribution in [1.82, 2.24) is 4.90 Å². The van der Waals surface area contributed by atoms with Crippen molar-refractivity contribution in [2.75, 3.05) is 31.1 Å². The Morgan fingerprint density at radius 2 is 1.88 bits per heavy atom. The third-order valence-electron chi connectivity index (χ3n) is 3.23. The van der Waals surface area contributed by atoms with E-state index in [2.05, 4.69) is 4.90 Å². The van der Waals surface area contributed by atoms with Gasteiger partial charge in [0, 0.05) is 19.5 Å². The summed E-state index contributed by atoms with van der Waals surface area (Å²) in [6.45, 7) is 4.15. The summed E-state index contributed by atoms with van der Waals surface area (Å²) < 4.78 is 22.4. The fourth-order valence-corrected chi connectivity index (χ4v) is 3.17. The summed E-state index contributed by atoms with van der Waals surface area (Å²) in [4.78, 5) is 12.6. The lowest BCUT2D eigenvalue weighted by Gasteiger charge is -2.27. The molecule has 1 fully saturated rings. The average Bonchev–Trinajstić information content (AvgIpc) is 2.25. The summed E-state index contributed by atoms with van der Waals surface area (Å²) >= 11 is 0. The summed E-state index contributed by atoms with van der Waals surface area (Å²) in [5.74, 6) is 0.151. The maximum absolute atomic E-state index is 11.2. The first-order valence-electron chi connectivity index (χ1n) is 6.03. The van der Waals surface area contributed by atoms with Gasteiger partial charge in [0.15, 0.2) is 9.84 Å². The van der Waals surface area contributed by atoms with Crippen molar-refractivity contribution in [3.8, 4) is 0 Å². The van der Waals surface area contributed by atoms with Crippen LogP contribution < -0.4 is 0 Å². The molecule has 1 aliphatic rings. The van der Waals surface area contributed by atoms with Gasteiger partial charge in [0.1, 0.15) is 0 Å². The molecule has 17 heavy (non-hydrogen) atoms. The Labute approximate surface area is 103 Å². The monoisotopic (exact) mass is 263 g/mol. The maximum atomic E-state index is 11.2. The van der Waals surface area contributed by atoms with Crippen LogP contribution in [0.15, 0.2) is 0 Å². The number of hydrogen-bond donors (Lipinski definition) is 1. The molecule has 0 radical (unpaired) electrons. The molecular weight excluding hydrogens is 242 g/mol. The highest BCUT2D eigenvalue weighted by Crippen LogP contribution is 2.12. The fourth-order valence-electron chi connectivity index (χ4n) is 1.89. The van der Waals surface area contributed by atoms with Crippen molar-refractivity contribution in [2.45, 2.75) is 26.2 Å². The summed E-state index contributed by atoms with van der Waals surface area (Å²) in [5, 5.41) is 8.56. The molecule has 1 atom stereocenters. The van der Waals surface area contributed by atoms with Gasteiger partial charge in [-0.05, 0) is 25.3 Å². The van der Waals surface area contributed by atoms with Crippen molar-refractivity contribution < 1.29 is 18.3 Å². The predicted octanol–water partition coefficient (Wildman–Crippen LogP) is 0.608. The van der Waals surface area contributed by atoms with Gasteiger partial charge < -0.3 is 10.0 Å². The van der Waals surface area contributed by atoms with Crippen LogP contribution in [0, 0.1) is 5.92 Å². The van der Waals surface area contributed by atoms with Crippen molar-refractivity contribution >= 4 is 15.8 Å². The molecule has 0 aromatic carbocycles. The van der Waals surface area contributed by atoms with Crippen LogP contribution in [0.1, 0.15) is 26.2 Å². The van der Waals surface area contributed by atoms with Gasteiger partial charge in [0.2, 0.25) is 0 Å². The third-order valence-corrected chi connectivity index (χ3v) is 4.84. The van der Waals surface area contributed by atoms with Crippen LogP contribution in [0.5, 0.6) is 0 Å². The summed E-state index contributed by atoms with van der Waals surface area (Å²) in [5.41, 5.74) is 0. The molecule has 1 aliphatic heterocycles. The second kappa shape index (κ2) is 6.35. The molecule has 1 N–H and O–H groups in total. The fraction of sp³-hybridized carbons (Fsp3) is 0.909. The molecule has 5 nitrogen and oxygen atoms in total. The first kappa shape index (κ1) is 14.4. The number of nitrogens with zero attached hydrogens (tertiary/aromatic N) is 1. The highest BCUT2D eigenvalue weighted by molar-refractivity contribution is 7.91. The van der Waals surface area contributed by atoms with Gasteiger partial charge in [0.25, 0.3) is 0 Å². The van der Waals surface area contributed by atoms with E-state index in [1.165, 1.54) is 0 Å². The molecule has 1 heterocycles. The normalized spacial score (nSPS) is 22.2. The first-order valence-corrected chi connectivity index (χ1v) is 7.86. The minimum absolute atomic E-state index is 0.218. The van der Waals surface area contributed by atoms with Crippen molar-refractivity contribution in [2.24, 2.45) is 5.92 Å². The molecule has 0 bridgehead atoms. The number of hydrogen-bond acceptors (Lipinski definition) is 4. The van der Waals surface area contributed by atoms with Gasteiger partial charge in [-0.15, -0.1) is 0 Å². The van der Waals surface area contributed by atoms with Gasteiger partial charge >= 0.3 is 5.97 Å². The van der Waals surface area contributed by atoms with Crippen LogP contribution in [0.25, 0.3) is 0 Å². The molecular formula is C11H21NO4S. The smallest absolute Gasteiger partial charge is 0.303 e. The quantitative estimate of drug-likeness (QED) is 0.760. The van der Waals surface area contributed by atoms with E-state index in [1.54, 1.807) is 0 Å². The zero-order valence-corrected chi connectivity index (χ0v) is 11.1. The Kier molecular flexibility index (Phi) is 5.39. The maximum Gasteiger partial charge on any atom is 0.303 e. The Morgan fingerprint density at radius 1 is 1.29 bits per heavy atom. The Bertz CT molecular complexity index is 338. The second-order valence-corrected chi connectivity index (χ2v) is 7.12. The number of carboxylic acids is 1. The van der Waals surface area contributed by atoms with Crippen LogP contribution >= 0.6 is 0 Å². The highest BCUT2D eigenvalue weighted by atomic mass is 32.2. The second-order valence-electron chi connectivity index (χ2n) is 4.82. The molecule has 0 aromatic rings. The van der Waals surface area contributed by atoms with Gasteiger partial charge in [0.05, 0.1) is 11.5 Å². The minimum Gasteiger partial charge on any atom is -0.481 e. The summed E-state index contributed by atoms with van der Waals surface area (Å²) in [6.07, 6.45) is 1.85. The molecule has 6 heteroatoms. The molecule has 0 aliphatic carbocycles. The predicted molar refractivity (Wildman–Crippen MR) is 65.7 cm³/mol. The van der Waals surface area contributed by atoms with Crippen LogP contribution in [-0.2, 0) is 14.6 Å². The van der Waals surface area contributed by atoms with E-state index in [0.717, 1.165) is 13.0 Å². The zero-order valence-electron chi connectivity index (χ0n) is 10.3. The molecule has 0 spiro atoms. The average molecular weight is 263 g/mol. The van der Waals surface area contributed by atoms with Crippen molar-refractivity contribution in [3.05, 3.63) is 0 Å². The van der Waals surface area contributed by atoms with Crippen LogP contribution in [0.2, 0.25) is 0 Å². The lowest BCUT2D eigenvalue weighted by Crippen LogP contribution is -2.41. The molecule has 0 saturated carbocycles. The number of carboxylic acid groups (broad SMARTS) is 1. The molecule has 100 valence electrons. The lowest BCUT2D eigenvalue weighted by molar-refractivity contribution is -0.137. The number of sulfone groups is 1. The van der Waals surface area contributed by atoms with E-state index in [4.69, 9.17) is 5.11 Å². The molecule has 0 amide bonds. The number of aliphatic carboxylic acids is 1. The molecule has 0 aromatic heterocycles. The van der Waals surface area contributed by atoms with Crippen LogP contribution in [-0.4, -0.2) is 55.5 Å². The van der Waals surface area contributed by atoms with E-state index < -0.39 is 15.8 Å². The van der Waals surface area contributed by atoms with E-state index in [-0.39, 0.29) is 17.9 Å². The van der Waals surface area contributed by atoms with Gasteiger partial charge in [-0.2, -0.15) is 0 Å². The molecule has 1 saturated heterocycles. The lowest BCUT2D eigenvalue weighted by atomic mass is 10.0. The number of carbonyl (C=O) groups is 1.